The molecule has 21 heavy (non-hydrogen) atoms. The Hall–Kier alpha value is -1.13. The van der Waals surface area contributed by atoms with E-state index in [-0.39, 0.29) is 16.5 Å². The van der Waals surface area contributed by atoms with Crippen LogP contribution in [-0.2, 0) is 10.0 Å². The first-order chi connectivity index (χ1) is 10.0. The van der Waals surface area contributed by atoms with Gasteiger partial charge in [0.2, 0.25) is 10.0 Å². The van der Waals surface area contributed by atoms with Gasteiger partial charge < -0.3 is 5.32 Å². The molecule has 2 saturated heterocycles. The van der Waals surface area contributed by atoms with E-state index in [2.05, 4.69) is 5.32 Å². The van der Waals surface area contributed by atoms with Crippen molar-refractivity contribution in [1.82, 2.24) is 9.62 Å². The summed E-state index contributed by atoms with van der Waals surface area (Å²) in [5.41, 5.74) is 0.141. The summed E-state index contributed by atoms with van der Waals surface area (Å²) in [4.78, 5) is 0.0103. The maximum Gasteiger partial charge on any atom is 0.244 e. The van der Waals surface area contributed by atoms with E-state index in [4.69, 9.17) is 16.9 Å². The summed E-state index contributed by atoms with van der Waals surface area (Å²) >= 11 is 5.90. The minimum Gasteiger partial charge on any atom is -0.312 e. The summed E-state index contributed by atoms with van der Waals surface area (Å²) in [5.74, 6) is 0.359. The van der Waals surface area contributed by atoms with E-state index in [0.717, 1.165) is 19.4 Å². The third-order valence-electron chi connectivity index (χ3n) is 4.25. The van der Waals surface area contributed by atoms with E-state index in [1.54, 1.807) is 0 Å². The Kier molecular flexibility index (Phi) is 3.93. The molecular weight excluding hydrogens is 310 g/mol. The van der Waals surface area contributed by atoms with Gasteiger partial charge >= 0.3 is 0 Å². The smallest absolute Gasteiger partial charge is 0.244 e. The van der Waals surface area contributed by atoms with Gasteiger partial charge in [0.1, 0.15) is 11.0 Å². The number of nitrogens with zero attached hydrogens (tertiary/aromatic N) is 2. The fourth-order valence-corrected chi connectivity index (χ4v) is 5.07. The first kappa shape index (κ1) is 14.8. The highest BCUT2D eigenvalue weighted by Gasteiger charge is 2.40. The molecule has 1 N–H and O–H groups in total. The summed E-state index contributed by atoms with van der Waals surface area (Å²) in [5, 5.41) is 12.8. The van der Waals surface area contributed by atoms with Crippen molar-refractivity contribution in [3.8, 4) is 6.07 Å². The van der Waals surface area contributed by atoms with Crippen LogP contribution in [0.1, 0.15) is 18.4 Å². The van der Waals surface area contributed by atoms with Gasteiger partial charge in [-0.3, -0.25) is 0 Å². The van der Waals surface area contributed by atoms with Gasteiger partial charge in [0.05, 0.1) is 5.56 Å². The van der Waals surface area contributed by atoms with Gasteiger partial charge in [-0.15, -0.1) is 0 Å². The van der Waals surface area contributed by atoms with Crippen LogP contribution < -0.4 is 5.32 Å². The zero-order valence-electron chi connectivity index (χ0n) is 11.4. The van der Waals surface area contributed by atoms with Gasteiger partial charge in [0, 0.05) is 24.2 Å². The molecule has 2 heterocycles. The molecule has 5 nitrogen and oxygen atoms in total. The molecule has 0 saturated carbocycles. The van der Waals surface area contributed by atoms with Crippen LogP contribution in [-0.4, -0.2) is 38.4 Å². The Balaban J connectivity index is 1.95. The fraction of sp³-hybridized carbons (Fsp3) is 0.500. The molecule has 112 valence electrons. The topological polar surface area (TPSA) is 73.2 Å². The Labute approximate surface area is 129 Å². The molecule has 0 aliphatic carbocycles. The number of piperidine rings is 1. The van der Waals surface area contributed by atoms with Gasteiger partial charge in [0.15, 0.2) is 0 Å². The minimum atomic E-state index is -3.68. The Morgan fingerprint density at radius 3 is 2.90 bits per heavy atom. The summed E-state index contributed by atoms with van der Waals surface area (Å²) in [6.07, 6.45) is 2.13. The number of rotatable bonds is 2. The number of halogens is 1. The van der Waals surface area contributed by atoms with Crippen LogP contribution in [0, 0.1) is 17.2 Å². The van der Waals surface area contributed by atoms with E-state index < -0.39 is 10.0 Å². The fourth-order valence-electron chi connectivity index (χ4n) is 3.14. The highest BCUT2D eigenvalue weighted by atomic mass is 35.5. The highest BCUT2D eigenvalue weighted by molar-refractivity contribution is 7.89. The number of nitriles is 1. The average molecular weight is 326 g/mol. The van der Waals surface area contributed by atoms with Crippen LogP contribution in [0.5, 0.6) is 0 Å². The SMILES string of the molecule is N#Cc1ccc(Cl)cc1S(=O)(=O)N1C[C@@H]2CCCN[C@@H]2C1. The lowest BCUT2D eigenvalue weighted by atomic mass is 9.94. The molecule has 3 rings (SSSR count). The van der Waals surface area contributed by atoms with Crippen LogP contribution >= 0.6 is 11.6 Å². The van der Waals surface area contributed by atoms with Crippen molar-refractivity contribution in [3.05, 3.63) is 28.8 Å². The second-order valence-electron chi connectivity index (χ2n) is 5.54. The molecule has 7 heteroatoms. The second-order valence-corrected chi connectivity index (χ2v) is 7.88. The van der Waals surface area contributed by atoms with E-state index in [1.165, 1.54) is 22.5 Å². The van der Waals surface area contributed by atoms with Crippen LogP contribution in [0.2, 0.25) is 5.02 Å². The van der Waals surface area contributed by atoms with Crippen molar-refractivity contribution < 1.29 is 8.42 Å². The number of nitrogens with one attached hydrogen (secondary N) is 1. The van der Waals surface area contributed by atoms with Crippen LogP contribution in [0.4, 0.5) is 0 Å². The Morgan fingerprint density at radius 2 is 2.19 bits per heavy atom. The lowest BCUT2D eigenvalue weighted by Gasteiger charge is -2.24. The molecular formula is C14H16ClN3O2S. The number of hydrogen-bond donors (Lipinski definition) is 1. The van der Waals surface area contributed by atoms with Gasteiger partial charge in [-0.25, -0.2) is 8.42 Å². The maximum atomic E-state index is 12.8. The average Bonchev–Trinajstić information content (AvgIpc) is 2.92. The molecule has 0 radical (unpaired) electrons. The summed E-state index contributed by atoms with van der Waals surface area (Å²) in [7, 11) is -3.68. The Bertz CT molecular complexity index is 685. The van der Waals surface area contributed by atoms with Gasteiger partial charge in [0.25, 0.3) is 0 Å². The van der Waals surface area contributed by atoms with Crippen molar-refractivity contribution in [3.63, 3.8) is 0 Å². The number of hydrogen-bond acceptors (Lipinski definition) is 4. The van der Waals surface area contributed by atoms with Crippen LogP contribution in [0.25, 0.3) is 0 Å². The monoisotopic (exact) mass is 325 g/mol. The quantitative estimate of drug-likeness (QED) is 0.896. The molecule has 2 aliphatic rings. The van der Waals surface area contributed by atoms with Crippen molar-refractivity contribution in [1.29, 1.82) is 5.26 Å². The molecule has 0 spiro atoms. The summed E-state index contributed by atoms with van der Waals surface area (Å²) < 4.78 is 27.1. The van der Waals surface area contributed by atoms with Gasteiger partial charge in [-0.2, -0.15) is 9.57 Å². The molecule has 0 bridgehead atoms. The van der Waals surface area contributed by atoms with Crippen molar-refractivity contribution in [2.75, 3.05) is 19.6 Å². The minimum absolute atomic E-state index is 0.0103. The van der Waals surface area contributed by atoms with Crippen LogP contribution in [0.15, 0.2) is 23.1 Å². The van der Waals surface area contributed by atoms with Gasteiger partial charge in [-0.05, 0) is 43.5 Å². The third-order valence-corrected chi connectivity index (χ3v) is 6.35. The van der Waals surface area contributed by atoms with Crippen molar-refractivity contribution >= 4 is 21.6 Å². The predicted octanol–water partition coefficient (Wildman–Crippen LogP) is 1.58. The Morgan fingerprint density at radius 1 is 1.38 bits per heavy atom. The van der Waals surface area contributed by atoms with Gasteiger partial charge in [-0.1, -0.05) is 11.6 Å². The second kappa shape index (κ2) is 5.58. The molecule has 2 aliphatic heterocycles. The van der Waals surface area contributed by atoms with E-state index >= 15 is 0 Å². The lowest BCUT2D eigenvalue weighted by Crippen LogP contribution is -2.41. The normalized spacial score (nSPS) is 26.3. The largest absolute Gasteiger partial charge is 0.312 e. The molecule has 1 aromatic rings. The van der Waals surface area contributed by atoms with E-state index in [0.29, 0.717) is 24.0 Å². The van der Waals surface area contributed by atoms with E-state index in [1.807, 2.05) is 6.07 Å². The summed E-state index contributed by atoms with van der Waals surface area (Å²) in [6.45, 7) is 1.91. The molecule has 2 fully saturated rings. The number of benzene rings is 1. The van der Waals surface area contributed by atoms with Crippen LogP contribution in [0.3, 0.4) is 0 Å². The first-order valence-electron chi connectivity index (χ1n) is 6.95. The zero-order chi connectivity index (χ0) is 15.0. The number of sulfonamides is 1. The summed E-state index contributed by atoms with van der Waals surface area (Å²) in [6, 6.07) is 6.51. The van der Waals surface area contributed by atoms with Crippen molar-refractivity contribution in [2.45, 2.75) is 23.8 Å². The molecule has 2 atom stereocenters. The van der Waals surface area contributed by atoms with Crippen molar-refractivity contribution in [2.24, 2.45) is 5.92 Å². The van der Waals surface area contributed by atoms with E-state index in [9.17, 15) is 8.42 Å². The predicted molar refractivity (Wildman–Crippen MR) is 79.4 cm³/mol. The lowest BCUT2D eigenvalue weighted by molar-refractivity contribution is 0.339. The number of fused-ring (bicyclic) bond motifs is 1. The standard InChI is InChI=1S/C14H16ClN3O2S/c15-12-4-3-10(7-16)14(6-12)21(19,20)18-8-11-2-1-5-17-13(11)9-18/h3-4,6,11,13,17H,1-2,5,8-9H2/t11-,13+/m0/s1. The third kappa shape index (κ3) is 2.67. The first-order valence-corrected chi connectivity index (χ1v) is 8.77. The molecule has 0 amide bonds. The zero-order valence-corrected chi connectivity index (χ0v) is 13.0. The maximum absolute atomic E-state index is 12.8. The highest BCUT2D eigenvalue weighted by Crippen LogP contribution is 2.31. The molecule has 1 aromatic carbocycles. The molecule has 0 unspecified atom stereocenters. The molecule has 0 aromatic heterocycles.